The van der Waals surface area contributed by atoms with Crippen molar-refractivity contribution in [1.82, 2.24) is 9.55 Å². The maximum atomic E-state index is 11.4. The van der Waals surface area contributed by atoms with E-state index in [1.807, 2.05) is 0 Å². The van der Waals surface area contributed by atoms with Crippen molar-refractivity contribution in [2.45, 2.75) is 24.9 Å². The molecule has 1 aromatic rings. The molecule has 2 heterocycles. The number of hydrogen-bond donors (Lipinski definition) is 3. The van der Waals surface area contributed by atoms with Gasteiger partial charge in [-0.15, -0.1) is 12.4 Å². The number of ether oxygens (including phenoxy) is 1. The number of nitrogens with one attached hydrogen (secondary N) is 1. The van der Waals surface area contributed by atoms with Gasteiger partial charge in [0.2, 0.25) is 0 Å². The number of hydrogen-bond acceptors (Lipinski definition) is 5. The van der Waals surface area contributed by atoms with Crippen LogP contribution in [-0.2, 0) is 4.74 Å². The normalized spacial score (nSPS) is 27.8. The van der Waals surface area contributed by atoms with Gasteiger partial charge in [-0.2, -0.15) is 0 Å². The number of aliphatic hydroxyl groups excluding tert-OH is 2. The third kappa shape index (κ3) is 2.75. The number of rotatable bonds is 2. The molecule has 0 amide bonds. The van der Waals surface area contributed by atoms with Crippen molar-refractivity contribution in [1.29, 1.82) is 0 Å². The van der Waals surface area contributed by atoms with Crippen molar-refractivity contribution in [2.75, 3.05) is 6.61 Å². The molecule has 96 valence electrons. The summed E-state index contributed by atoms with van der Waals surface area (Å²) in [7, 11) is 0. The van der Waals surface area contributed by atoms with E-state index < -0.39 is 29.7 Å². The number of aromatic nitrogens is 2. The van der Waals surface area contributed by atoms with E-state index in [4.69, 9.17) is 9.84 Å². The molecule has 1 saturated heterocycles. The lowest BCUT2D eigenvalue weighted by Crippen LogP contribution is -2.31. The summed E-state index contributed by atoms with van der Waals surface area (Å²) in [5.74, 6) is 0. The molecular weight excluding hydrogens is 252 g/mol. The molecule has 3 atom stereocenters. The van der Waals surface area contributed by atoms with E-state index in [1.165, 1.54) is 16.8 Å². The summed E-state index contributed by atoms with van der Waals surface area (Å²) in [6.07, 6.45) is -0.649. The molecule has 0 bridgehead atoms. The molecule has 7 nitrogen and oxygen atoms in total. The maximum absolute atomic E-state index is 11.4. The number of aliphatic hydroxyl groups is 2. The first-order valence-corrected chi connectivity index (χ1v) is 4.87. The van der Waals surface area contributed by atoms with Gasteiger partial charge in [-0.1, -0.05) is 0 Å². The summed E-state index contributed by atoms with van der Waals surface area (Å²) in [5, 5.41) is 18.4. The van der Waals surface area contributed by atoms with E-state index in [0.717, 1.165) is 0 Å². The zero-order valence-electron chi connectivity index (χ0n) is 8.78. The van der Waals surface area contributed by atoms with Crippen LogP contribution in [0.5, 0.6) is 0 Å². The molecule has 0 aromatic carbocycles. The molecule has 1 fully saturated rings. The van der Waals surface area contributed by atoms with Crippen LogP contribution < -0.4 is 11.2 Å². The molecular formula is C9H13ClN2O5. The van der Waals surface area contributed by atoms with E-state index in [0.29, 0.717) is 0 Å². The second kappa shape index (κ2) is 5.46. The summed E-state index contributed by atoms with van der Waals surface area (Å²) < 4.78 is 6.45. The predicted octanol–water partition coefficient (Wildman–Crippen LogP) is -1.40. The first-order chi connectivity index (χ1) is 7.61. The van der Waals surface area contributed by atoms with Crippen molar-refractivity contribution >= 4 is 12.4 Å². The second-order valence-corrected chi connectivity index (χ2v) is 3.63. The van der Waals surface area contributed by atoms with Crippen LogP contribution in [0.3, 0.4) is 0 Å². The van der Waals surface area contributed by atoms with Gasteiger partial charge < -0.3 is 14.9 Å². The van der Waals surface area contributed by atoms with Crippen LogP contribution in [0.2, 0.25) is 0 Å². The van der Waals surface area contributed by atoms with Gasteiger partial charge in [0, 0.05) is 18.7 Å². The Kier molecular flexibility index (Phi) is 4.47. The van der Waals surface area contributed by atoms with Crippen LogP contribution in [0.1, 0.15) is 12.6 Å². The van der Waals surface area contributed by atoms with Crippen LogP contribution in [-0.4, -0.2) is 38.6 Å². The molecule has 0 radical (unpaired) electrons. The van der Waals surface area contributed by atoms with Gasteiger partial charge >= 0.3 is 5.69 Å². The van der Waals surface area contributed by atoms with Crippen molar-refractivity contribution in [2.24, 2.45) is 0 Å². The lowest BCUT2D eigenvalue weighted by Gasteiger charge is -2.13. The van der Waals surface area contributed by atoms with E-state index >= 15 is 0 Å². The maximum Gasteiger partial charge on any atom is 0.330 e. The third-order valence-corrected chi connectivity index (χ3v) is 2.55. The lowest BCUT2D eigenvalue weighted by molar-refractivity contribution is -0.0459. The van der Waals surface area contributed by atoms with Gasteiger partial charge in [0.1, 0.15) is 12.3 Å². The molecule has 1 aliphatic rings. The number of halogens is 1. The first-order valence-electron chi connectivity index (χ1n) is 4.87. The minimum absolute atomic E-state index is 0. The molecule has 2 rings (SSSR count). The summed E-state index contributed by atoms with van der Waals surface area (Å²) in [6.45, 7) is -0.310. The standard InChI is InChI=1S/C9H12N2O5.ClH/c12-4-6-5(13)3-8(16-6)11-2-1-7(14)10-9(11)15;/h1-2,5-6,8,12-13H,3-4H2,(H,10,14,15);1H/t5-,6+,8+;/m0./s1. The van der Waals surface area contributed by atoms with Gasteiger partial charge in [0.05, 0.1) is 12.7 Å². The molecule has 0 unspecified atom stereocenters. The van der Waals surface area contributed by atoms with Crippen molar-refractivity contribution < 1.29 is 14.9 Å². The van der Waals surface area contributed by atoms with E-state index in [-0.39, 0.29) is 25.4 Å². The Bertz CT molecular complexity index is 485. The lowest BCUT2D eigenvalue weighted by atomic mass is 10.2. The largest absolute Gasteiger partial charge is 0.394 e. The van der Waals surface area contributed by atoms with Crippen LogP contribution >= 0.6 is 12.4 Å². The molecule has 3 N–H and O–H groups in total. The molecule has 1 aliphatic heterocycles. The van der Waals surface area contributed by atoms with E-state index in [1.54, 1.807) is 0 Å². The summed E-state index contributed by atoms with van der Waals surface area (Å²) in [4.78, 5) is 24.3. The van der Waals surface area contributed by atoms with Crippen LogP contribution in [0.15, 0.2) is 21.9 Å². The fourth-order valence-electron chi connectivity index (χ4n) is 1.70. The van der Waals surface area contributed by atoms with E-state index in [9.17, 15) is 14.7 Å². The fraction of sp³-hybridized carbons (Fsp3) is 0.556. The van der Waals surface area contributed by atoms with E-state index in [2.05, 4.69) is 4.98 Å². The highest BCUT2D eigenvalue weighted by molar-refractivity contribution is 5.85. The van der Waals surface area contributed by atoms with Gasteiger partial charge in [-0.3, -0.25) is 14.3 Å². The zero-order chi connectivity index (χ0) is 11.7. The summed E-state index contributed by atoms with van der Waals surface area (Å²) >= 11 is 0. The minimum atomic E-state index is -0.811. The first kappa shape index (κ1) is 13.9. The monoisotopic (exact) mass is 264 g/mol. The predicted molar refractivity (Wildman–Crippen MR) is 60.2 cm³/mol. The average molecular weight is 265 g/mol. The Labute approximate surface area is 102 Å². The molecule has 0 spiro atoms. The van der Waals surface area contributed by atoms with Crippen molar-refractivity contribution in [3.8, 4) is 0 Å². The molecule has 17 heavy (non-hydrogen) atoms. The number of H-pyrrole nitrogens is 1. The Morgan fingerprint density at radius 3 is 2.76 bits per heavy atom. The minimum Gasteiger partial charge on any atom is -0.394 e. The third-order valence-electron chi connectivity index (χ3n) is 2.55. The molecule has 0 saturated carbocycles. The van der Waals surface area contributed by atoms with Gasteiger partial charge in [-0.05, 0) is 0 Å². The quantitative estimate of drug-likeness (QED) is 0.609. The number of nitrogens with zero attached hydrogens (tertiary/aromatic N) is 1. The smallest absolute Gasteiger partial charge is 0.330 e. The summed E-state index contributed by atoms with van der Waals surface area (Å²) in [6, 6.07) is 1.20. The Morgan fingerprint density at radius 2 is 2.24 bits per heavy atom. The van der Waals surface area contributed by atoms with Crippen LogP contribution in [0.25, 0.3) is 0 Å². The summed E-state index contributed by atoms with van der Waals surface area (Å²) in [5.41, 5.74) is -1.08. The Hall–Kier alpha value is -1.15. The van der Waals surface area contributed by atoms with Gasteiger partial charge in [0.25, 0.3) is 5.56 Å². The second-order valence-electron chi connectivity index (χ2n) is 3.63. The molecule has 0 aliphatic carbocycles. The highest BCUT2D eigenvalue weighted by Gasteiger charge is 2.34. The topological polar surface area (TPSA) is 105 Å². The fourth-order valence-corrected chi connectivity index (χ4v) is 1.70. The average Bonchev–Trinajstić information content (AvgIpc) is 2.59. The highest BCUT2D eigenvalue weighted by atomic mass is 35.5. The highest BCUT2D eigenvalue weighted by Crippen LogP contribution is 2.26. The van der Waals surface area contributed by atoms with Crippen molar-refractivity contribution in [3.63, 3.8) is 0 Å². The zero-order valence-corrected chi connectivity index (χ0v) is 9.59. The van der Waals surface area contributed by atoms with Gasteiger partial charge in [0.15, 0.2) is 0 Å². The van der Waals surface area contributed by atoms with Gasteiger partial charge in [-0.25, -0.2) is 4.79 Å². The van der Waals surface area contributed by atoms with Crippen LogP contribution in [0.4, 0.5) is 0 Å². The number of aromatic amines is 1. The van der Waals surface area contributed by atoms with Crippen molar-refractivity contribution in [3.05, 3.63) is 33.1 Å². The Morgan fingerprint density at radius 1 is 1.53 bits per heavy atom. The Balaban J connectivity index is 0.00000144. The molecule has 1 aromatic heterocycles. The SMILES string of the molecule is Cl.O=c1ccn([C@H]2C[C@H](O)[C@@H](CO)O2)c(=O)[nH]1. The van der Waals surface area contributed by atoms with Crippen LogP contribution in [0, 0.1) is 0 Å². The molecule has 8 heteroatoms.